The second kappa shape index (κ2) is 15.6. The fraction of sp³-hybridized carbons (Fsp3) is 0.257. The van der Waals surface area contributed by atoms with Gasteiger partial charge in [-0.15, -0.1) is 0 Å². The summed E-state index contributed by atoms with van der Waals surface area (Å²) in [7, 11) is 0. The van der Waals surface area contributed by atoms with Gasteiger partial charge in [0.05, 0.1) is 5.56 Å². The van der Waals surface area contributed by atoms with Gasteiger partial charge >= 0.3 is 11.9 Å². The summed E-state index contributed by atoms with van der Waals surface area (Å²) < 4.78 is 6.29. The molecule has 0 atom stereocenters. The number of halogens is 2. The van der Waals surface area contributed by atoms with E-state index in [-0.39, 0.29) is 12.0 Å². The van der Waals surface area contributed by atoms with Crippen molar-refractivity contribution in [2.24, 2.45) is 0 Å². The number of aliphatic carboxylic acids is 1. The zero-order chi connectivity index (χ0) is 30.8. The molecular weight excluding hydrogens is 585 g/mol. The molecule has 0 fully saturated rings. The van der Waals surface area contributed by atoms with E-state index in [0.29, 0.717) is 29.6 Å². The molecule has 0 heterocycles. The maximum atomic E-state index is 11.2. The van der Waals surface area contributed by atoms with Crippen molar-refractivity contribution in [1.82, 2.24) is 4.90 Å². The number of aryl methyl sites for hydroxylation is 1. The summed E-state index contributed by atoms with van der Waals surface area (Å²) in [5, 5.41) is 19.4. The van der Waals surface area contributed by atoms with Crippen LogP contribution < -0.4 is 4.74 Å². The molecule has 6 nitrogen and oxygen atoms in total. The van der Waals surface area contributed by atoms with Crippen molar-refractivity contribution >= 4 is 35.1 Å². The molecular formula is C35H35Cl2NO5. The quantitative estimate of drug-likeness (QED) is 0.130. The molecule has 0 amide bonds. The van der Waals surface area contributed by atoms with Crippen LogP contribution in [-0.4, -0.2) is 40.1 Å². The molecule has 43 heavy (non-hydrogen) atoms. The normalized spacial score (nSPS) is 11.1. The van der Waals surface area contributed by atoms with Crippen LogP contribution in [0, 0.1) is 6.92 Å². The number of aromatic carboxylic acids is 1. The van der Waals surface area contributed by atoms with Gasteiger partial charge in [0.2, 0.25) is 0 Å². The molecule has 0 saturated carbocycles. The Morgan fingerprint density at radius 2 is 1.44 bits per heavy atom. The first-order valence-electron chi connectivity index (χ1n) is 14.2. The number of unbranched alkanes of at least 4 members (excludes halogenated alkanes) is 1. The zero-order valence-electron chi connectivity index (χ0n) is 24.1. The molecule has 0 unspecified atom stereocenters. The molecule has 8 heteroatoms. The Kier molecular flexibility index (Phi) is 11.6. The fourth-order valence-electron chi connectivity index (χ4n) is 4.89. The van der Waals surface area contributed by atoms with Crippen LogP contribution in [0.3, 0.4) is 0 Å². The van der Waals surface area contributed by atoms with E-state index in [0.717, 1.165) is 65.1 Å². The average molecular weight is 621 g/mol. The van der Waals surface area contributed by atoms with Crippen molar-refractivity contribution in [3.63, 3.8) is 0 Å². The minimum absolute atomic E-state index is 0.144. The summed E-state index contributed by atoms with van der Waals surface area (Å²) in [6.07, 6.45) is 2.25. The van der Waals surface area contributed by atoms with E-state index < -0.39 is 11.9 Å². The molecule has 0 aromatic heterocycles. The lowest BCUT2D eigenvalue weighted by Gasteiger charge is -2.23. The zero-order valence-corrected chi connectivity index (χ0v) is 25.6. The van der Waals surface area contributed by atoms with Crippen LogP contribution in [0.4, 0.5) is 0 Å². The van der Waals surface area contributed by atoms with Gasteiger partial charge in [-0.3, -0.25) is 9.69 Å². The second-order valence-electron chi connectivity index (χ2n) is 10.6. The number of hydrogen-bond donors (Lipinski definition) is 2. The predicted molar refractivity (Wildman–Crippen MR) is 171 cm³/mol. The molecule has 0 aliphatic heterocycles. The Labute approximate surface area is 262 Å². The largest absolute Gasteiger partial charge is 0.489 e. The van der Waals surface area contributed by atoms with Crippen LogP contribution >= 0.6 is 23.2 Å². The number of ether oxygens (including phenoxy) is 1. The highest BCUT2D eigenvalue weighted by atomic mass is 35.5. The van der Waals surface area contributed by atoms with Crippen LogP contribution in [0.5, 0.6) is 5.75 Å². The Morgan fingerprint density at radius 3 is 2.09 bits per heavy atom. The third kappa shape index (κ3) is 10.1. The van der Waals surface area contributed by atoms with Crippen molar-refractivity contribution in [3.05, 3.63) is 123 Å². The lowest BCUT2D eigenvalue weighted by molar-refractivity contribution is -0.137. The van der Waals surface area contributed by atoms with Gasteiger partial charge in [-0.2, -0.15) is 0 Å². The van der Waals surface area contributed by atoms with Crippen molar-refractivity contribution in [3.8, 4) is 16.9 Å². The highest BCUT2D eigenvalue weighted by Gasteiger charge is 2.12. The second-order valence-corrected chi connectivity index (χ2v) is 11.5. The van der Waals surface area contributed by atoms with Crippen molar-refractivity contribution < 1.29 is 24.5 Å². The molecule has 0 aliphatic rings. The van der Waals surface area contributed by atoms with E-state index in [1.54, 1.807) is 18.2 Å². The topological polar surface area (TPSA) is 87.1 Å². The van der Waals surface area contributed by atoms with E-state index >= 15 is 0 Å². The van der Waals surface area contributed by atoms with Crippen molar-refractivity contribution in [2.75, 3.05) is 13.1 Å². The van der Waals surface area contributed by atoms with Crippen molar-refractivity contribution in [2.45, 2.75) is 45.8 Å². The van der Waals surface area contributed by atoms with Crippen molar-refractivity contribution in [1.29, 1.82) is 0 Å². The first-order chi connectivity index (χ1) is 20.7. The number of nitrogens with zero attached hydrogens (tertiary/aromatic N) is 1. The maximum Gasteiger partial charge on any atom is 0.335 e. The molecule has 4 aromatic carbocycles. The number of rotatable bonds is 15. The van der Waals surface area contributed by atoms with Gasteiger partial charge in [0.15, 0.2) is 0 Å². The molecule has 2 N–H and O–H groups in total. The lowest BCUT2D eigenvalue weighted by Crippen LogP contribution is -2.27. The third-order valence-corrected chi connectivity index (χ3v) is 7.62. The number of carbonyl (C=O) groups is 2. The van der Waals surface area contributed by atoms with Gasteiger partial charge < -0.3 is 14.9 Å². The monoisotopic (exact) mass is 619 g/mol. The summed E-state index contributed by atoms with van der Waals surface area (Å²) in [4.78, 5) is 24.5. The Balaban J connectivity index is 1.41. The fourth-order valence-corrected chi connectivity index (χ4v) is 5.42. The van der Waals surface area contributed by atoms with Gasteiger partial charge in [-0.25, -0.2) is 4.79 Å². The van der Waals surface area contributed by atoms with Crippen LogP contribution in [0.25, 0.3) is 11.1 Å². The molecule has 224 valence electrons. The highest BCUT2D eigenvalue weighted by molar-refractivity contribution is 6.35. The van der Waals surface area contributed by atoms with E-state index in [1.165, 1.54) is 0 Å². The number of carboxylic acids is 2. The summed E-state index contributed by atoms with van der Waals surface area (Å²) >= 11 is 12.3. The molecule has 4 aromatic rings. The van der Waals surface area contributed by atoms with Crippen LogP contribution in [0.1, 0.15) is 51.9 Å². The van der Waals surface area contributed by atoms with Crippen LogP contribution in [0.2, 0.25) is 10.0 Å². The van der Waals surface area contributed by atoms with E-state index in [9.17, 15) is 14.7 Å². The number of hydrogen-bond acceptors (Lipinski definition) is 4. The number of carboxylic acid groups (broad SMARTS) is 2. The van der Waals surface area contributed by atoms with E-state index in [4.69, 9.17) is 33.0 Å². The first-order valence-corrected chi connectivity index (χ1v) is 15.0. The summed E-state index contributed by atoms with van der Waals surface area (Å²) in [6, 6.07) is 26.7. The molecule has 0 spiro atoms. The smallest absolute Gasteiger partial charge is 0.335 e. The predicted octanol–water partition coefficient (Wildman–Crippen LogP) is 8.55. The standard InChI is InChI=1S/C35H35Cl2NO5/c1-24-5-14-33(43-23-26-8-10-27(11-9-26)30-19-31(36)21-32(37)20-30)29(18-24)15-17-38(16-3-2-4-34(39)40)22-25-6-12-28(13-7-25)35(41)42/h5-14,18-21H,2-4,15-17,22-23H2,1H3,(H,39,40)(H,41,42). The molecule has 0 bridgehead atoms. The molecule has 4 rings (SSSR count). The summed E-state index contributed by atoms with van der Waals surface area (Å²) in [6.45, 7) is 4.59. The van der Waals surface area contributed by atoms with Crippen LogP contribution in [-0.2, 0) is 24.4 Å². The SMILES string of the molecule is Cc1ccc(OCc2ccc(-c3cc(Cl)cc(Cl)c3)cc2)c(CCN(CCCCC(=O)O)Cc2ccc(C(=O)O)cc2)c1. The van der Waals surface area contributed by atoms with E-state index in [1.807, 2.05) is 60.7 Å². The highest BCUT2D eigenvalue weighted by Crippen LogP contribution is 2.28. The minimum atomic E-state index is -0.953. The van der Waals surface area contributed by atoms with Gasteiger partial charge in [0.25, 0.3) is 0 Å². The average Bonchev–Trinajstić information content (AvgIpc) is 2.97. The minimum Gasteiger partial charge on any atom is -0.489 e. The summed E-state index contributed by atoms with van der Waals surface area (Å²) in [5.41, 5.74) is 6.51. The lowest BCUT2D eigenvalue weighted by atomic mass is 10.0. The Hall–Kier alpha value is -3.84. The molecule has 0 radical (unpaired) electrons. The van der Waals surface area contributed by atoms with Gasteiger partial charge in [0, 0.05) is 29.6 Å². The molecule has 0 aliphatic carbocycles. The maximum absolute atomic E-state index is 11.2. The molecule has 0 saturated heterocycles. The Morgan fingerprint density at radius 1 is 0.767 bits per heavy atom. The van der Waals surface area contributed by atoms with E-state index in [2.05, 4.69) is 17.9 Å². The third-order valence-electron chi connectivity index (χ3n) is 7.18. The summed E-state index contributed by atoms with van der Waals surface area (Å²) in [5.74, 6) is -0.917. The first kappa shape index (κ1) is 32.1. The number of benzene rings is 4. The van der Waals surface area contributed by atoms with Gasteiger partial charge in [0.1, 0.15) is 12.4 Å². The van der Waals surface area contributed by atoms with Gasteiger partial charge in [-0.1, -0.05) is 77.3 Å². The van der Waals surface area contributed by atoms with Crippen LogP contribution in [0.15, 0.2) is 84.9 Å². The Bertz CT molecular complexity index is 1520. The van der Waals surface area contributed by atoms with Gasteiger partial charge in [-0.05, 0) is 96.9 Å².